The van der Waals surface area contributed by atoms with Crippen LogP contribution in [0.25, 0.3) is 0 Å². The zero-order valence-corrected chi connectivity index (χ0v) is 8.86. The molecule has 1 N–H and O–H groups in total. The van der Waals surface area contributed by atoms with Gasteiger partial charge >= 0.3 is 0 Å². The predicted molar refractivity (Wildman–Crippen MR) is 52.7 cm³/mol. The summed E-state index contributed by atoms with van der Waals surface area (Å²) in [6.07, 6.45) is 2.51. The summed E-state index contributed by atoms with van der Waals surface area (Å²) >= 11 is 0. The first kappa shape index (κ1) is 11.0. The molecular formula is C10H21NO2. The van der Waals surface area contributed by atoms with E-state index in [2.05, 4.69) is 25.8 Å². The number of aliphatic hydroxyl groups excluding tert-OH is 1. The second-order valence-corrected chi connectivity index (χ2v) is 4.05. The first-order chi connectivity index (χ1) is 6.15. The van der Waals surface area contributed by atoms with Crippen molar-refractivity contribution in [3.8, 4) is 0 Å². The molecule has 1 aliphatic heterocycles. The normalized spacial score (nSPS) is 36.5. The van der Waals surface area contributed by atoms with E-state index in [-0.39, 0.29) is 6.61 Å². The highest BCUT2D eigenvalue weighted by molar-refractivity contribution is 4.82. The van der Waals surface area contributed by atoms with E-state index in [1.807, 2.05) is 0 Å². The van der Waals surface area contributed by atoms with Gasteiger partial charge in [-0.2, -0.15) is 0 Å². The van der Waals surface area contributed by atoms with E-state index >= 15 is 0 Å². The summed E-state index contributed by atoms with van der Waals surface area (Å²) in [6.45, 7) is 5.07. The molecule has 13 heavy (non-hydrogen) atoms. The Morgan fingerprint density at radius 3 is 2.31 bits per heavy atom. The van der Waals surface area contributed by atoms with Gasteiger partial charge in [0.05, 0.1) is 19.3 Å². The molecule has 0 saturated carbocycles. The summed E-state index contributed by atoms with van der Waals surface area (Å²) in [6, 6.07) is 1.18. The first-order valence-electron chi connectivity index (χ1n) is 5.09. The summed E-state index contributed by atoms with van der Waals surface area (Å²) in [5.41, 5.74) is 0. The smallest absolute Gasteiger partial charge is 0.0701 e. The monoisotopic (exact) mass is 187 g/mol. The SMILES string of the molecule is CC1CC(OCCO)CC(C)N1C. The lowest BCUT2D eigenvalue weighted by Gasteiger charge is -2.40. The van der Waals surface area contributed by atoms with Gasteiger partial charge in [-0.1, -0.05) is 0 Å². The van der Waals surface area contributed by atoms with Crippen molar-refractivity contribution in [1.29, 1.82) is 0 Å². The fraction of sp³-hybridized carbons (Fsp3) is 1.00. The number of piperidine rings is 1. The molecule has 1 heterocycles. The van der Waals surface area contributed by atoms with Crippen molar-refractivity contribution in [3.63, 3.8) is 0 Å². The van der Waals surface area contributed by atoms with Gasteiger partial charge in [0.2, 0.25) is 0 Å². The number of aliphatic hydroxyl groups is 1. The van der Waals surface area contributed by atoms with Crippen LogP contribution in [0.3, 0.4) is 0 Å². The van der Waals surface area contributed by atoms with Crippen molar-refractivity contribution < 1.29 is 9.84 Å². The highest BCUT2D eigenvalue weighted by Gasteiger charge is 2.28. The van der Waals surface area contributed by atoms with Crippen molar-refractivity contribution in [2.45, 2.75) is 44.9 Å². The maximum absolute atomic E-state index is 8.65. The van der Waals surface area contributed by atoms with Crippen LogP contribution in [-0.4, -0.2) is 48.5 Å². The Bertz CT molecular complexity index is 140. The molecule has 0 amide bonds. The number of nitrogens with zero attached hydrogens (tertiary/aromatic N) is 1. The standard InChI is InChI=1S/C10H21NO2/c1-8-6-10(13-5-4-12)7-9(2)11(8)3/h8-10,12H,4-7H2,1-3H3. The number of hydrogen-bond donors (Lipinski definition) is 1. The largest absolute Gasteiger partial charge is 0.394 e. The highest BCUT2D eigenvalue weighted by Crippen LogP contribution is 2.23. The number of rotatable bonds is 3. The van der Waals surface area contributed by atoms with Crippen LogP contribution in [-0.2, 0) is 4.74 Å². The lowest BCUT2D eigenvalue weighted by atomic mass is 9.95. The highest BCUT2D eigenvalue weighted by atomic mass is 16.5. The summed E-state index contributed by atoms with van der Waals surface area (Å²) < 4.78 is 5.54. The summed E-state index contributed by atoms with van der Waals surface area (Å²) in [7, 11) is 2.16. The molecule has 1 saturated heterocycles. The molecule has 0 spiro atoms. The van der Waals surface area contributed by atoms with E-state index in [0.29, 0.717) is 24.8 Å². The number of likely N-dealkylation sites (tertiary alicyclic amines) is 1. The van der Waals surface area contributed by atoms with Crippen molar-refractivity contribution in [2.24, 2.45) is 0 Å². The Labute approximate surface area is 80.7 Å². The molecule has 0 aliphatic carbocycles. The maximum Gasteiger partial charge on any atom is 0.0701 e. The third kappa shape index (κ3) is 2.93. The molecule has 1 fully saturated rings. The van der Waals surface area contributed by atoms with Crippen LogP contribution in [0.2, 0.25) is 0 Å². The summed E-state index contributed by atoms with van der Waals surface area (Å²) in [4.78, 5) is 2.39. The van der Waals surface area contributed by atoms with Crippen molar-refractivity contribution in [2.75, 3.05) is 20.3 Å². The van der Waals surface area contributed by atoms with Crippen molar-refractivity contribution >= 4 is 0 Å². The van der Waals surface area contributed by atoms with Gasteiger partial charge in [0.25, 0.3) is 0 Å². The van der Waals surface area contributed by atoms with E-state index in [0.717, 1.165) is 12.8 Å². The second-order valence-electron chi connectivity index (χ2n) is 4.05. The molecule has 1 rings (SSSR count). The van der Waals surface area contributed by atoms with Gasteiger partial charge in [0.1, 0.15) is 0 Å². The van der Waals surface area contributed by atoms with E-state index in [1.165, 1.54) is 0 Å². The molecule has 3 nitrogen and oxygen atoms in total. The van der Waals surface area contributed by atoms with Crippen molar-refractivity contribution in [3.05, 3.63) is 0 Å². The fourth-order valence-corrected chi connectivity index (χ4v) is 1.98. The van der Waals surface area contributed by atoms with Crippen molar-refractivity contribution in [1.82, 2.24) is 4.90 Å². The van der Waals surface area contributed by atoms with Gasteiger partial charge in [0, 0.05) is 12.1 Å². The maximum atomic E-state index is 8.65. The lowest BCUT2D eigenvalue weighted by molar-refractivity contribution is -0.0354. The van der Waals surface area contributed by atoms with Crippen LogP contribution in [0, 0.1) is 0 Å². The average molecular weight is 187 g/mol. The Hall–Kier alpha value is -0.120. The average Bonchev–Trinajstić information content (AvgIpc) is 2.10. The van der Waals surface area contributed by atoms with Crippen LogP contribution < -0.4 is 0 Å². The number of ether oxygens (including phenoxy) is 1. The van der Waals surface area contributed by atoms with Crippen LogP contribution in [0.5, 0.6) is 0 Å². The van der Waals surface area contributed by atoms with E-state index < -0.39 is 0 Å². The van der Waals surface area contributed by atoms with E-state index in [1.54, 1.807) is 0 Å². The molecule has 0 aromatic rings. The van der Waals surface area contributed by atoms with Gasteiger partial charge in [-0.25, -0.2) is 0 Å². The minimum atomic E-state index is 0.134. The predicted octanol–water partition coefficient (Wildman–Crippen LogP) is 0.866. The molecule has 0 aromatic carbocycles. The zero-order chi connectivity index (χ0) is 9.84. The van der Waals surface area contributed by atoms with Crippen LogP contribution in [0.1, 0.15) is 26.7 Å². The third-order valence-electron chi connectivity index (χ3n) is 3.04. The molecular weight excluding hydrogens is 166 g/mol. The zero-order valence-electron chi connectivity index (χ0n) is 8.86. The minimum absolute atomic E-state index is 0.134. The van der Waals surface area contributed by atoms with E-state index in [4.69, 9.17) is 9.84 Å². The van der Waals surface area contributed by atoms with Crippen LogP contribution >= 0.6 is 0 Å². The molecule has 78 valence electrons. The Kier molecular flexibility index (Phi) is 4.16. The van der Waals surface area contributed by atoms with Gasteiger partial charge in [-0.15, -0.1) is 0 Å². The molecule has 0 bridgehead atoms. The topological polar surface area (TPSA) is 32.7 Å². The van der Waals surface area contributed by atoms with Crippen LogP contribution in [0.15, 0.2) is 0 Å². The molecule has 3 heteroatoms. The molecule has 2 unspecified atom stereocenters. The Balaban J connectivity index is 2.35. The van der Waals surface area contributed by atoms with Gasteiger partial charge in [0.15, 0.2) is 0 Å². The fourth-order valence-electron chi connectivity index (χ4n) is 1.98. The second kappa shape index (κ2) is 4.94. The Morgan fingerprint density at radius 2 is 1.85 bits per heavy atom. The van der Waals surface area contributed by atoms with Gasteiger partial charge in [-0.3, -0.25) is 0 Å². The summed E-state index contributed by atoms with van der Waals surface area (Å²) in [5.74, 6) is 0. The molecule has 0 aromatic heterocycles. The summed E-state index contributed by atoms with van der Waals surface area (Å²) in [5, 5.41) is 8.65. The quantitative estimate of drug-likeness (QED) is 0.711. The Morgan fingerprint density at radius 1 is 1.31 bits per heavy atom. The molecule has 2 atom stereocenters. The lowest BCUT2D eigenvalue weighted by Crippen LogP contribution is -2.46. The number of hydrogen-bond acceptors (Lipinski definition) is 3. The third-order valence-corrected chi connectivity index (χ3v) is 3.04. The van der Waals surface area contributed by atoms with Gasteiger partial charge in [-0.05, 0) is 33.7 Å². The molecule has 0 radical (unpaired) electrons. The van der Waals surface area contributed by atoms with Gasteiger partial charge < -0.3 is 14.7 Å². The minimum Gasteiger partial charge on any atom is -0.394 e. The first-order valence-corrected chi connectivity index (χ1v) is 5.09. The van der Waals surface area contributed by atoms with E-state index in [9.17, 15) is 0 Å². The van der Waals surface area contributed by atoms with Crippen LogP contribution in [0.4, 0.5) is 0 Å². The molecule has 1 aliphatic rings.